The predicted molar refractivity (Wildman–Crippen MR) is 53.8 cm³/mol. The Balaban J connectivity index is 2.84. The highest BCUT2D eigenvalue weighted by Crippen LogP contribution is 2.27. The van der Waals surface area contributed by atoms with Gasteiger partial charge in [-0.15, -0.1) is 0 Å². The van der Waals surface area contributed by atoms with Crippen molar-refractivity contribution in [2.24, 2.45) is 0 Å². The number of nitrogen functional groups attached to an aromatic ring is 1. The number of fused-ring (bicyclic) bond motifs is 1. The second-order valence-electron chi connectivity index (χ2n) is 2.86. The van der Waals surface area contributed by atoms with Crippen LogP contribution in [0.15, 0.2) is 36.4 Å². The molecule has 0 saturated carbocycles. The molecular weight excluding hydrogens is 164 g/mol. The molecule has 4 N–H and O–H groups in total. The van der Waals surface area contributed by atoms with Gasteiger partial charge in [-0.3, -0.25) is 10.7 Å². The fourth-order valence-corrected chi connectivity index (χ4v) is 1.42. The summed E-state index contributed by atoms with van der Waals surface area (Å²) in [6, 6.07) is 11.2. The molecule has 66 valence electrons. The maximum Gasteiger partial charge on any atom is 0.0681 e. The molecule has 0 bridgehead atoms. The van der Waals surface area contributed by atoms with Gasteiger partial charge in [0.2, 0.25) is 0 Å². The number of anilines is 2. The highest BCUT2D eigenvalue weighted by molar-refractivity contribution is 6.00. The second kappa shape index (κ2) is 2.95. The van der Waals surface area contributed by atoms with E-state index in [1.54, 1.807) is 12.1 Å². The lowest BCUT2D eigenvalue weighted by Gasteiger charge is -2.06. The molecule has 2 aromatic rings. The SMILES string of the molecule is Nc1ccc(NO)c2ccccc12. The van der Waals surface area contributed by atoms with Gasteiger partial charge < -0.3 is 5.73 Å². The van der Waals surface area contributed by atoms with E-state index in [-0.39, 0.29) is 0 Å². The quantitative estimate of drug-likeness (QED) is 0.459. The largest absolute Gasteiger partial charge is 0.398 e. The minimum atomic E-state index is 0.671. The summed E-state index contributed by atoms with van der Waals surface area (Å²) in [4.78, 5) is 0. The van der Waals surface area contributed by atoms with E-state index in [1.165, 1.54) is 0 Å². The van der Waals surface area contributed by atoms with Gasteiger partial charge in [-0.25, -0.2) is 0 Å². The topological polar surface area (TPSA) is 58.3 Å². The van der Waals surface area contributed by atoms with E-state index in [0.29, 0.717) is 5.69 Å². The zero-order valence-corrected chi connectivity index (χ0v) is 6.99. The summed E-state index contributed by atoms with van der Waals surface area (Å²) in [5, 5.41) is 10.7. The lowest BCUT2D eigenvalue weighted by Crippen LogP contribution is -1.93. The van der Waals surface area contributed by atoms with Gasteiger partial charge in [-0.2, -0.15) is 0 Å². The molecule has 3 nitrogen and oxygen atoms in total. The zero-order chi connectivity index (χ0) is 9.26. The van der Waals surface area contributed by atoms with Gasteiger partial charge in [0.05, 0.1) is 5.69 Å². The monoisotopic (exact) mass is 174 g/mol. The number of hydrogen-bond acceptors (Lipinski definition) is 3. The first-order valence-corrected chi connectivity index (χ1v) is 4.00. The summed E-state index contributed by atoms with van der Waals surface area (Å²) in [5.41, 5.74) is 9.30. The maximum atomic E-state index is 8.84. The van der Waals surface area contributed by atoms with Gasteiger partial charge in [-0.05, 0) is 12.1 Å². The van der Waals surface area contributed by atoms with Gasteiger partial charge in [-0.1, -0.05) is 24.3 Å². The van der Waals surface area contributed by atoms with Crippen LogP contribution in [-0.2, 0) is 0 Å². The van der Waals surface area contributed by atoms with E-state index in [4.69, 9.17) is 10.9 Å². The highest BCUT2D eigenvalue weighted by atomic mass is 16.5. The molecule has 0 amide bonds. The third kappa shape index (κ3) is 1.19. The summed E-state index contributed by atoms with van der Waals surface area (Å²) >= 11 is 0. The molecule has 2 aromatic carbocycles. The highest BCUT2D eigenvalue weighted by Gasteiger charge is 2.01. The van der Waals surface area contributed by atoms with Gasteiger partial charge >= 0.3 is 0 Å². The Labute approximate surface area is 75.8 Å². The van der Waals surface area contributed by atoms with Crippen LogP contribution in [0.2, 0.25) is 0 Å². The molecule has 0 aliphatic carbocycles. The summed E-state index contributed by atoms with van der Waals surface area (Å²) < 4.78 is 0. The zero-order valence-electron chi connectivity index (χ0n) is 6.99. The molecule has 3 heteroatoms. The fraction of sp³-hybridized carbons (Fsp3) is 0. The molecule has 0 unspecified atom stereocenters. The standard InChI is InChI=1S/C10H10N2O/c11-9-5-6-10(12-13)8-4-2-1-3-7(8)9/h1-6,12-13H,11H2. The minimum absolute atomic E-state index is 0.671. The molecule has 2 rings (SSSR count). The maximum absolute atomic E-state index is 8.84. The molecule has 0 saturated heterocycles. The summed E-state index contributed by atoms with van der Waals surface area (Å²) in [6.45, 7) is 0. The number of rotatable bonds is 1. The molecular formula is C10H10N2O. The summed E-state index contributed by atoms with van der Waals surface area (Å²) in [6.07, 6.45) is 0. The van der Waals surface area contributed by atoms with Crippen LogP contribution in [0.25, 0.3) is 10.8 Å². The Kier molecular flexibility index (Phi) is 1.79. The van der Waals surface area contributed by atoms with E-state index in [1.807, 2.05) is 24.3 Å². The average Bonchev–Trinajstić information content (AvgIpc) is 2.19. The van der Waals surface area contributed by atoms with Gasteiger partial charge in [0.15, 0.2) is 0 Å². The van der Waals surface area contributed by atoms with Gasteiger partial charge in [0.1, 0.15) is 0 Å². The first-order valence-electron chi connectivity index (χ1n) is 4.00. The molecule has 13 heavy (non-hydrogen) atoms. The Morgan fingerprint density at radius 2 is 1.69 bits per heavy atom. The molecule has 0 atom stereocenters. The van der Waals surface area contributed by atoms with Crippen molar-refractivity contribution in [3.8, 4) is 0 Å². The molecule has 0 aliphatic rings. The third-order valence-corrected chi connectivity index (χ3v) is 2.08. The van der Waals surface area contributed by atoms with Crippen molar-refractivity contribution in [1.29, 1.82) is 0 Å². The lowest BCUT2D eigenvalue weighted by molar-refractivity contribution is 0.390. The Hall–Kier alpha value is -1.74. The van der Waals surface area contributed by atoms with Crippen LogP contribution < -0.4 is 11.2 Å². The Bertz CT molecular complexity index is 440. The van der Waals surface area contributed by atoms with E-state index in [2.05, 4.69) is 5.48 Å². The van der Waals surface area contributed by atoms with Crippen LogP contribution in [-0.4, -0.2) is 5.21 Å². The van der Waals surface area contributed by atoms with E-state index < -0.39 is 0 Å². The number of nitrogens with one attached hydrogen (secondary N) is 1. The van der Waals surface area contributed by atoms with Crippen LogP contribution in [0.1, 0.15) is 0 Å². The molecule has 0 heterocycles. The van der Waals surface area contributed by atoms with E-state index in [0.717, 1.165) is 16.5 Å². The predicted octanol–water partition coefficient (Wildman–Crippen LogP) is 2.22. The van der Waals surface area contributed by atoms with Crippen molar-refractivity contribution in [2.45, 2.75) is 0 Å². The molecule has 0 aliphatic heterocycles. The molecule has 0 radical (unpaired) electrons. The van der Waals surface area contributed by atoms with Crippen molar-refractivity contribution < 1.29 is 5.21 Å². The molecule has 0 spiro atoms. The summed E-state index contributed by atoms with van der Waals surface area (Å²) in [7, 11) is 0. The van der Waals surface area contributed by atoms with Crippen molar-refractivity contribution in [3.05, 3.63) is 36.4 Å². The van der Waals surface area contributed by atoms with Crippen LogP contribution in [0.5, 0.6) is 0 Å². The number of benzene rings is 2. The smallest absolute Gasteiger partial charge is 0.0681 e. The van der Waals surface area contributed by atoms with Crippen molar-refractivity contribution in [3.63, 3.8) is 0 Å². The molecule has 0 aromatic heterocycles. The normalized spacial score (nSPS) is 10.2. The first kappa shape index (κ1) is 7.89. The fourth-order valence-electron chi connectivity index (χ4n) is 1.42. The minimum Gasteiger partial charge on any atom is -0.398 e. The first-order chi connectivity index (χ1) is 6.33. The van der Waals surface area contributed by atoms with Crippen LogP contribution in [0, 0.1) is 0 Å². The average molecular weight is 174 g/mol. The third-order valence-electron chi connectivity index (χ3n) is 2.08. The van der Waals surface area contributed by atoms with E-state index in [9.17, 15) is 0 Å². The van der Waals surface area contributed by atoms with Gasteiger partial charge in [0, 0.05) is 16.5 Å². The Morgan fingerprint density at radius 3 is 2.38 bits per heavy atom. The van der Waals surface area contributed by atoms with Crippen LogP contribution in [0.3, 0.4) is 0 Å². The second-order valence-corrected chi connectivity index (χ2v) is 2.86. The number of nitrogens with two attached hydrogens (primary N) is 1. The van der Waals surface area contributed by atoms with Gasteiger partial charge in [0.25, 0.3) is 0 Å². The van der Waals surface area contributed by atoms with Crippen molar-refractivity contribution in [2.75, 3.05) is 11.2 Å². The van der Waals surface area contributed by atoms with Crippen LogP contribution >= 0.6 is 0 Å². The Morgan fingerprint density at radius 1 is 1.00 bits per heavy atom. The van der Waals surface area contributed by atoms with Crippen molar-refractivity contribution in [1.82, 2.24) is 0 Å². The lowest BCUT2D eigenvalue weighted by atomic mass is 10.1. The van der Waals surface area contributed by atoms with Crippen molar-refractivity contribution >= 4 is 22.1 Å². The van der Waals surface area contributed by atoms with Crippen LogP contribution in [0.4, 0.5) is 11.4 Å². The van der Waals surface area contributed by atoms with E-state index >= 15 is 0 Å². The summed E-state index contributed by atoms with van der Waals surface area (Å²) in [5.74, 6) is 0. The number of hydrogen-bond donors (Lipinski definition) is 3. The molecule has 0 fully saturated rings.